The number of piperidine rings is 1. The fourth-order valence-corrected chi connectivity index (χ4v) is 3.41. The zero-order valence-electron chi connectivity index (χ0n) is 13.0. The van der Waals surface area contributed by atoms with Crippen LogP contribution in [0.15, 0.2) is 18.5 Å². The second-order valence-corrected chi connectivity index (χ2v) is 6.73. The van der Waals surface area contributed by atoms with Gasteiger partial charge in [0.15, 0.2) is 0 Å². The molecule has 2 saturated heterocycles. The highest BCUT2D eigenvalue weighted by atomic mass is 19.1. The summed E-state index contributed by atoms with van der Waals surface area (Å²) in [7, 11) is 0. The minimum absolute atomic E-state index is 0.0920. The van der Waals surface area contributed by atoms with Crippen LogP contribution in [0.5, 0.6) is 0 Å². The fourth-order valence-electron chi connectivity index (χ4n) is 3.41. The lowest BCUT2D eigenvalue weighted by molar-refractivity contribution is -0.221. The molecule has 0 unspecified atom stereocenters. The van der Waals surface area contributed by atoms with Gasteiger partial charge in [0, 0.05) is 25.7 Å². The van der Waals surface area contributed by atoms with Crippen molar-refractivity contribution in [3.05, 3.63) is 29.8 Å². The highest BCUT2D eigenvalue weighted by Gasteiger charge is 2.49. The van der Waals surface area contributed by atoms with Gasteiger partial charge in [-0.25, -0.2) is 4.39 Å². The van der Waals surface area contributed by atoms with Crippen molar-refractivity contribution in [1.29, 1.82) is 0 Å². The minimum Gasteiger partial charge on any atom is -0.388 e. The molecule has 23 heavy (non-hydrogen) atoms. The molecular weight excluding hydrogens is 303 g/mol. The molecule has 1 aromatic rings. The minimum atomic E-state index is -1.18. The summed E-state index contributed by atoms with van der Waals surface area (Å²) in [6, 6.07) is 1.18. The Morgan fingerprint density at radius 1 is 1.43 bits per heavy atom. The molecule has 1 amide bonds. The van der Waals surface area contributed by atoms with Crippen molar-refractivity contribution in [2.24, 2.45) is 0 Å². The van der Waals surface area contributed by atoms with Gasteiger partial charge in [-0.15, -0.1) is 0 Å². The van der Waals surface area contributed by atoms with Crippen LogP contribution in [0.4, 0.5) is 4.39 Å². The number of aromatic nitrogens is 1. The van der Waals surface area contributed by atoms with E-state index in [2.05, 4.69) is 4.98 Å². The number of likely N-dealkylation sites (tertiary alicyclic amines) is 1. The summed E-state index contributed by atoms with van der Waals surface area (Å²) in [6.45, 7) is 2.62. The molecule has 1 aromatic heterocycles. The van der Waals surface area contributed by atoms with Crippen LogP contribution in [0, 0.1) is 5.82 Å². The summed E-state index contributed by atoms with van der Waals surface area (Å²) >= 11 is 0. The number of pyridine rings is 1. The molecular formula is C16H21FN2O4. The zero-order valence-corrected chi connectivity index (χ0v) is 13.0. The first-order valence-electron chi connectivity index (χ1n) is 7.76. The molecule has 2 N–H and O–H groups in total. The lowest BCUT2D eigenvalue weighted by atomic mass is 9.76. The van der Waals surface area contributed by atoms with Crippen LogP contribution in [-0.4, -0.2) is 63.0 Å². The van der Waals surface area contributed by atoms with Crippen LogP contribution in [0.3, 0.4) is 0 Å². The van der Waals surface area contributed by atoms with E-state index in [0.717, 1.165) is 6.20 Å². The summed E-state index contributed by atoms with van der Waals surface area (Å²) in [4.78, 5) is 17.7. The number of carbonyl (C=O) groups excluding carboxylic acids is 1. The molecule has 2 aliphatic heterocycles. The van der Waals surface area contributed by atoms with Crippen LogP contribution in [0.25, 0.3) is 0 Å². The maximum Gasteiger partial charge on any atom is 0.255 e. The molecule has 2 fully saturated rings. The van der Waals surface area contributed by atoms with Crippen LogP contribution in [0.1, 0.15) is 36.5 Å². The lowest BCUT2D eigenvalue weighted by Gasteiger charge is -2.49. The van der Waals surface area contributed by atoms with Crippen molar-refractivity contribution >= 4 is 5.91 Å². The molecule has 6 nitrogen and oxygen atoms in total. The van der Waals surface area contributed by atoms with Crippen molar-refractivity contribution in [2.75, 3.05) is 19.7 Å². The Hall–Kier alpha value is -1.57. The van der Waals surface area contributed by atoms with Gasteiger partial charge < -0.3 is 19.8 Å². The van der Waals surface area contributed by atoms with Gasteiger partial charge >= 0.3 is 0 Å². The molecule has 0 aliphatic carbocycles. The van der Waals surface area contributed by atoms with Gasteiger partial charge in [-0.1, -0.05) is 0 Å². The van der Waals surface area contributed by atoms with Crippen molar-refractivity contribution in [3.8, 4) is 0 Å². The van der Waals surface area contributed by atoms with E-state index in [0.29, 0.717) is 32.4 Å². The molecule has 2 atom stereocenters. The Morgan fingerprint density at radius 3 is 2.74 bits per heavy atom. The predicted molar refractivity (Wildman–Crippen MR) is 79.3 cm³/mol. The standard InChI is InChI=1S/C16H21FN2O4/c1-15(22)10-16(23-9-13(15)20)2-4-19(5-3-16)14(21)11-6-12(17)8-18-7-11/h6-8,13,20,22H,2-5,9-10H2,1H3/t13-,15-/m0/s1. The molecule has 0 aromatic carbocycles. The Morgan fingerprint density at radius 2 is 2.13 bits per heavy atom. The number of hydrogen-bond donors (Lipinski definition) is 2. The lowest BCUT2D eigenvalue weighted by Crippen LogP contribution is -2.59. The number of nitrogens with zero attached hydrogens (tertiary/aromatic N) is 2. The first-order valence-corrected chi connectivity index (χ1v) is 7.76. The van der Waals surface area contributed by atoms with E-state index in [1.807, 2.05) is 0 Å². The van der Waals surface area contributed by atoms with Gasteiger partial charge in [-0.05, 0) is 25.8 Å². The molecule has 3 heterocycles. The average molecular weight is 324 g/mol. The van der Waals surface area contributed by atoms with Gasteiger partial charge in [-0.2, -0.15) is 0 Å². The molecule has 0 saturated carbocycles. The number of hydrogen-bond acceptors (Lipinski definition) is 5. The van der Waals surface area contributed by atoms with Gasteiger partial charge in [0.25, 0.3) is 5.91 Å². The number of rotatable bonds is 1. The normalized spacial score (nSPS) is 30.4. The summed E-state index contributed by atoms with van der Waals surface area (Å²) in [5.74, 6) is -0.792. The molecule has 3 rings (SSSR count). The van der Waals surface area contributed by atoms with Gasteiger partial charge in [0.1, 0.15) is 11.9 Å². The van der Waals surface area contributed by atoms with Crippen molar-refractivity contribution in [1.82, 2.24) is 9.88 Å². The monoisotopic (exact) mass is 324 g/mol. The average Bonchev–Trinajstić information content (AvgIpc) is 2.51. The summed E-state index contributed by atoms with van der Waals surface area (Å²) < 4.78 is 19.0. The summed E-state index contributed by atoms with van der Waals surface area (Å²) in [5, 5.41) is 20.1. The number of carbonyl (C=O) groups is 1. The smallest absolute Gasteiger partial charge is 0.255 e. The van der Waals surface area contributed by atoms with E-state index in [4.69, 9.17) is 4.74 Å². The van der Waals surface area contributed by atoms with E-state index < -0.39 is 23.1 Å². The fraction of sp³-hybridized carbons (Fsp3) is 0.625. The highest BCUT2D eigenvalue weighted by Crippen LogP contribution is 2.39. The second-order valence-electron chi connectivity index (χ2n) is 6.73. The second kappa shape index (κ2) is 5.81. The number of halogens is 1. The van der Waals surface area contributed by atoms with Crippen molar-refractivity contribution in [2.45, 2.75) is 43.5 Å². The maximum absolute atomic E-state index is 13.2. The number of ether oxygens (including phenoxy) is 1. The molecule has 1 spiro atoms. The quantitative estimate of drug-likeness (QED) is 0.796. The van der Waals surface area contributed by atoms with Crippen LogP contribution < -0.4 is 0 Å². The number of amides is 1. The predicted octanol–water partition coefficient (Wildman–Crippen LogP) is 0.728. The Labute approximate surface area is 133 Å². The van der Waals surface area contributed by atoms with Crippen LogP contribution >= 0.6 is 0 Å². The third-order valence-electron chi connectivity index (χ3n) is 4.86. The van der Waals surface area contributed by atoms with E-state index in [-0.39, 0.29) is 18.1 Å². The maximum atomic E-state index is 13.2. The first kappa shape index (κ1) is 16.3. The SMILES string of the molecule is C[C@]1(O)CC2(CCN(C(=O)c3cncc(F)c3)CC2)OC[C@@H]1O. The van der Waals surface area contributed by atoms with E-state index in [1.54, 1.807) is 11.8 Å². The topological polar surface area (TPSA) is 82.9 Å². The molecule has 2 aliphatic rings. The van der Waals surface area contributed by atoms with Crippen LogP contribution in [0.2, 0.25) is 0 Å². The van der Waals surface area contributed by atoms with Gasteiger partial charge in [0.2, 0.25) is 0 Å². The molecule has 0 radical (unpaired) electrons. The number of aliphatic hydroxyl groups excluding tert-OH is 1. The van der Waals surface area contributed by atoms with Crippen molar-refractivity contribution in [3.63, 3.8) is 0 Å². The third-order valence-corrected chi connectivity index (χ3v) is 4.86. The first-order chi connectivity index (χ1) is 10.8. The van der Waals surface area contributed by atoms with E-state index in [1.165, 1.54) is 12.3 Å². The Balaban J connectivity index is 1.66. The summed E-state index contributed by atoms with van der Waals surface area (Å²) in [6.07, 6.45) is 3.00. The van der Waals surface area contributed by atoms with Gasteiger partial charge in [-0.3, -0.25) is 9.78 Å². The third kappa shape index (κ3) is 3.22. The van der Waals surface area contributed by atoms with Crippen molar-refractivity contribution < 1.29 is 24.1 Å². The van der Waals surface area contributed by atoms with Crippen LogP contribution in [-0.2, 0) is 4.74 Å². The molecule has 0 bridgehead atoms. The number of aliphatic hydroxyl groups is 2. The largest absolute Gasteiger partial charge is 0.388 e. The molecule has 126 valence electrons. The Kier molecular flexibility index (Phi) is 4.12. The van der Waals surface area contributed by atoms with E-state index in [9.17, 15) is 19.4 Å². The highest BCUT2D eigenvalue weighted by molar-refractivity contribution is 5.94. The zero-order chi connectivity index (χ0) is 16.7. The summed E-state index contributed by atoms with van der Waals surface area (Å²) in [5.41, 5.74) is -1.47. The Bertz CT molecular complexity index is 599. The van der Waals surface area contributed by atoms with Gasteiger partial charge in [0.05, 0.1) is 29.6 Å². The molecule has 7 heteroatoms. The van der Waals surface area contributed by atoms with E-state index >= 15 is 0 Å².